The van der Waals surface area contributed by atoms with Crippen LogP contribution >= 0.6 is 0 Å². The highest BCUT2D eigenvalue weighted by atomic mass is 16.5. The predicted octanol–water partition coefficient (Wildman–Crippen LogP) is 3.09. The number of ether oxygens (including phenoxy) is 3. The Morgan fingerprint density at radius 3 is 2.65 bits per heavy atom. The molecule has 2 aromatic carbocycles. The fourth-order valence-corrected chi connectivity index (χ4v) is 4.10. The Bertz CT molecular complexity index is 1030. The van der Waals surface area contributed by atoms with Crippen molar-refractivity contribution in [3.8, 4) is 11.5 Å². The Labute approximate surface area is 180 Å². The van der Waals surface area contributed by atoms with E-state index in [4.69, 9.17) is 14.2 Å². The van der Waals surface area contributed by atoms with Crippen LogP contribution in [0, 0.1) is 0 Å². The van der Waals surface area contributed by atoms with Gasteiger partial charge >= 0.3 is 0 Å². The number of methoxy groups -OCH3 is 2. The molecule has 0 radical (unpaired) electrons. The smallest absolute Gasteiger partial charge is 0.295 e. The Balaban J connectivity index is 1.81. The van der Waals surface area contributed by atoms with Crippen LogP contribution in [-0.4, -0.2) is 55.7 Å². The second-order valence-electron chi connectivity index (χ2n) is 7.53. The summed E-state index contributed by atoms with van der Waals surface area (Å²) in [4.78, 5) is 27.3. The molecule has 1 unspecified atom stereocenters. The van der Waals surface area contributed by atoms with E-state index >= 15 is 0 Å². The second-order valence-corrected chi connectivity index (χ2v) is 7.53. The summed E-state index contributed by atoms with van der Waals surface area (Å²) >= 11 is 0. The SMILES string of the molecule is COCCN1C(=O)C(=O)/C(=C(\O)c2ccc3c(c2)CCCO3)C1c1ccc(OC)cc1. The predicted molar refractivity (Wildman–Crippen MR) is 114 cm³/mol. The van der Waals surface area contributed by atoms with Crippen molar-refractivity contribution in [2.45, 2.75) is 18.9 Å². The van der Waals surface area contributed by atoms with Crippen molar-refractivity contribution in [1.82, 2.24) is 4.90 Å². The number of rotatable bonds is 6. The highest BCUT2D eigenvalue weighted by molar-refractivity contribution is 6.46. The molecular weight excluding hydrogens is 398 g/mol. The monoisotopic (exact) mass is 423 g/mol. The first-order valence-corrected chi connectivity index (χ1v) is 10.2. The van der Waals surface area contributed by atoms with Crippen LogP contribution in [0.3, 0.4) is 0 Å². The number of aryl methyl sites for hydroxylation is 1. The number of fused-ring (bicyclic) bond motifs is 1. The Morgan fingerprint density at radius 1 is 1.16 bits per heavy atom. The summed E-state index contributed by atoms with van der Waals surface area (Å²) in [6, 6.07) is 11.8. The largest absolute Gasteiger partial charge is 0.507 e. The van der Waals surface area contributed by atoms with Crippen molar-refractivity contribution in [1.29, 1.82) is 0 Å². The molecule has 2 aliphatic rings. The number of carbonyl (C=O) groups is 2. The standard InChI is InChI=1S/C24H25NO6/c1-29-13-11-25-21(15-5-8-18(30-2)9-6-15)20(23(27)24(25)28)22(26)17-7-10-19-16(14-17)4-3-12-31-19/h5-10,14,21,26H,3-4,11-13H2,1-2H3/b22-20-. The molecule has 31 heavy (non-hydrogen) atoms. The Morgan fingerprint density at radius 2 is 1.94 bits per heavy atom. The van der Waals surface area contributed by atoms with Gasteiger partial charge < -0.3 is 24.2 Å². The Hall–Kier alpha value is -3.32. The van der Waals surface area contributed by atoms with Crippen molar-refractivity contribution in [2.75, 3.05) is 34.0 Å². The molecule has 7 heteroatoms. The summed E-state index contributed by atoms with van der Waals surface area (Å²) < 4.78 is 16.0. The van der Waals surface area contributed by atoms with Gasteiger partial charge in [0.25, 0.3) is 11.7 Å². The molecule has 2 aliphatic heterocycles. The van der Waals surface area contributed by atoms with Gasteiger partial charge in [0, 0.05) is 19.2 Å². The molecule has 0 aliphatic carbocycles. The number of benzene rings is 2. The lowest BCUT2D eigenvalue weighted by Crippen LogP contribution is -2.32. The molecule has 1 fully saturated rings. The van der Waals surface area contributed by atoms with Crippen LogP contribution in [-0.2, 0) is 20.7 Å². The lowest BCUT2D eigenvalue weighted by Gasteiger charge is -2.25. The molecule has 162 valence electrons. The molecule has 1 amide bonds. The van der Waals surface area contributed by atoms with Gasteiger partial charge in [0.05, 0.1) is 31.9 Å². The number of hydrogen-bond acceptors (Lipinski definition) is 6. The first kappa shape index (κ1) is 20.9. The third-order valence-electron chi connectivity index (χ3n) is 5.69. The van der Waals surface area contributed by atoms with Crippen LogP contribution in [0.5, 0.6) is 11.5 Å². The van der Waals surface area contributed by atoms with E-state index in [2.05, 4.69) is 0 Å². The van der Waals surface area contributed by atoms with Gasteiger partial charge in [-0.05, 0) is 54.3 Å². The van der Waals surface area contributed by atoms with Crippen molar-refractivity contribution >= 4 is 17.4 Å². The fourth-order valence-electron chi connectivity index (χ4n) is 4.10. The van der Waals surface area contributed by atoms with Gasteiger partial charge in [-0.1, -0.05) is 12.1 Å². The normalized spacial score (nSPS) is 19.8. The maximum atomic E-state index is 13.0. The van der Waals surface area contributed by atoms with Gasteiger partial charge in [0.15, 0.2) is 0 Å². The first-order valence-electron chi connectivity index (χ1n) is 10.2. The average Bonchev–Trinajstić information content (AvgIpc) is 3.06. The van der Waals surface area contributed by atoms with E-state index in [1.165, 1.54) is 12.0 Å². The number of ketones is 1. The number of amides is 1. The molecule has 1 N–H and O–H groups in total. The van der Waals surface area contributed by atoms with E-state index in [0.29, 0.717) is 23.5 Å². The van der Waals surface area contributed by atoms with Crippen molar-refractivity contribution < 1.29 is 28.9 Å². The van der Waals surface area contributed by atoms with Crippen LogP contribution in [0.2, 0.25) is 0 Å². The summed E-state index contributed by atoms with van der Waals surface area (Å²) in [5.41, 5.74) is 2.25. The first-order chi connectivity index (χ1) is 15.0. The van der Waals surface area contributed by atoms with Crippen LogP contribution in [0.25, 0.3) is 5.76 Å². The molecule has 1 saturated heterocycles. The minimum atomic E-state index is -0.715. The van der Waals surface area contributed by atoms with Gasteiger partial charge in [-0.3, -0.25) is 9.59 Å². The summed E-state index contributed by atoms with van der Waals surface area (Å²) in [6.07, 6.45) is 1.73. The molecule has 0 bridgehead atoms. The van der Waals surface area contributed by atoms with E-state index in [1.807, 2.05) is 6.07 Å². The number of carbonyl (C=O) groups excluding carboxylic acids is 2. The van der Waals surface area contributed by atoms with Crippen LogP contribution in [0.1, 0.15) is 29.2 Å². The van der Waals surface area contributed by atoms with Gasteiger partial charge in [-0.15, -0.1) is 0 Å². The zero-order valence-electron chi connectivity index (χ0n) is 17.6. The van der Waals surface area contributed by atoms with Crippen LogP contribution in [0.4, 0.5) is 0 Å². The van der Waals surface area contributed by atoms with Gasteiger partial charge in [0.2, 0.25) is 0 Å². The summed E-state index contributed by atoms with van der Waals surface area (Å²) in [5, 5.41) is 11.2. The van der Waals surface area contributed by atoms with E-state index in [0.717, 1.165) is 24.2 Å². The van der Waals surface area contributed by atoms with Crippen molar-refractivity contribution in [2.24, 2.45) is 0 Å². The lowest BCUT2D eigenvalue weighted by atomic mass is 9.94. The van der Waals surface area contributed by atoms with E-state index in [1.54, 1.807) is 43.5 Å². The average molecular weight is 423 g/mol. The summed E-state index contributed by atoms with van der Waals surface area (Å²) in [5.74, 6) is -0.0982. The van der Waals surface area contributed by atoms with E-state index in [9.17, 15) is 14.7 Å². The molecule has 0 spiro atoms. The lowest BCUT2D eigenvalue weighted by molar-refractivity contribution is -0.140. The van der Waals surface area contributed by atoms with Gasteiger partial charge in [-0.2, -0.15) is 0 Å². The third-order valence-corrected chi connectivity index (χ3v) is 5.69. The molecule has 1 atom stereocenters. The minimum Gasteiger partial charge on any atom is -0.507 e. The minimum absolute atomic E-state index is 0.0722. The third kappa shape index (κ3) is 3.88. The van der Waals surface area contributed by atoms with E-state index < -0.39 is 17.7 Å². The van der Waals surface area contributed by atoms with Crippen molar-refractivity contribution in [3.63, 3.8) is 0 Å². The molecule has 7 nitrogen and oxygen atoms in total. The Kier molecular flexibility index (Phi) is 5.95. The number of Topliss-reactive ketones (excluding diaryl/α,β-unsaturated/α-hetero) is 1. The van der Waals surface area contributed by atoms with Crippen molar-refractivity contribution in [3.05, 3.63) is 64.7 Å². The fraction of sp³-hybridized carbons (Fsp3) is 0.333. The number of nitrogens with zero attached hydrogens (tertiary/aromatic N) is 1. The second kappa shape index (κ2) is 8.81. The maximum Gasteiger partial charge on any atom is 0.295 e. The van der Waals surface area contributed by atoms with Crippen LogP contribution < -0.4 is 9.47 Å². The van der Waals surface area contributed by atoms with Gasteiger partial charge in [0.1, 0.15) is 17.3 Å². The molecule has 2 heterocycles. The zero-order valence-corrected chi connectivity index (χ0v) is 17.6. The van der Waals surface area contributed by atoms with Crippen LogP contribution in [0.15, 0.2) is 48.0 Å². The number of aliphatic hydroxyl groups excluding tert-OH is 1. The van der Waals surface area contributed by atoms with E-state index in [-0.39, 0.29) is 24.5 Å². The highest BCUT2D eigenvalue weighted by Gasteiger charge is 2.45. The summed E-state index contributed by atoms with van der Waals surface area (Å²) in [7, 11) is 3.10. The van der Waals surface area contributed by atoms with Gasteiger partial charge in [-0.25, -0.2) is 0 Å². The number of likely N-dealkylation sites (tertiary alicyclic amines) is 1. The maximum absolute atomic E-state index is 13.0. The molecule has 2 aromatic rings. The molecule has 0 aromatic heterocycles. The zero-order chi connectivity index (χ0) is 22.0. The number of hydrogen-bond donors (Lipinski definition) is 1. The number of aliphatic hydroxyl groups is 1. The molecule has 0 saturated carbocycles. The highest BCUT2D eigenvalue weighted by Crippen LogP contribution is 2.40. The molecule has 4 rings (SSSR count). The quantitative estimate of drug-likeness (QED) is 0.437. The topological polar surface area (TPSA) is 85.3 Å². The molecular formula is C24H25NO6. The summed E-state index contributed by atoms with van der Waals surface area (Å²) in [6.45, 7) is 1.17.